The first-order chi connectivity index (χ1) is 14.4. The van der Waals surface area contributed by atoms with Crippen LogP contribution in [0.3, 0.4) is 0 Å². The number of carbonyl (C=O) groups is 2. The van der Waals surface area contributed by atoms with E-state index in [1.165, 1.54) is 30.0 Å². The molecule has 9 heteroatoms. The molecule has 3 rings (SSSR count). The summed E-state index contributed by atoms with van der Waals surface area (Å²) in [6.07, 6.45) is 0. The fourth-order valence-corrected chi connectivity index (χ4v) is 3.12. The number of ether oxygens (including phenoxy) is 1. The Morgan fingerprint density at radius 3 is 2.70 bits per heavy atom. The topological polar surface area (TPSA) is 93.5 Å². The molecule has 30 heavy (non-hydrogen) atoms. The van der Waals surface area contributed by atoms with Gasteiger partial charge in [0.2, 0.25) is 11.8 Å². The number of thioether (sulfide) groups is 1. The van der Waals surface area contributed by atoms with E-state index in [4.69, 9.17) is 9.26 Å². The molecule has 0 aliphatic carbocycles. The zero-order chi connectivity index (χ0) is 21.5. The molecular formula is C21H20FN3O4S. The maximum atomic E-state index is 13.4. The third kappa shape index (κ3) is 6.08. The van der Waals surface area contributed by atoms with Crippen LogP contribution in [0.5, 0.6) is 11.5 Å². The molecule has 1 unspecified atom stereocenters. The average Bonchev–Trinajstić information content (AvgIpc) is 3.12. The monoisotopic (exact) mass is 429 g/mol. The number of rotatable bonds is 8. The summed E-state index contributed by atoms with van der Waals surface area (Å²) in [5, 5.41) is 8.61. The van der Waals surface area contributed by atoms with E-state index in [-0.39, 0.29) is 17.6 Å². The Bertz CT molecular complexity index is 1040. The first-order valence-electron chi connectivity index (χ1n) is 9.09. The minimum Gasteiger partial charge on any atom is -0.455 e. The van der Waals surface area contributed by atoms with Gasteiger partial charge in [0.15, 0.2) is 11.6 Å². The molecule has 2 N–H and O–H groups in total. The van der Waals surface area contributed by atoms with Crippen molar-refractivity contribution in [1.29, 1.82) is 0 Å². The van der Waals surface area contributed by atoms with Gasteiger partial charge in [-0.3, -0.25) is 9.59 Å². The van der Waals surface area contributed by atoms with Gasteiger partial charge < -0.3 is 19.9 Å². The lowest BCUT2D eigenvalue weighted by atomic mass is 10.3. The predicted octanol–water partition coefficient (Wildman–Crippen LogP) is 4.61. The number of halogens is 1. The van der Waals surface area contributed by atoms with Crippen LogP contribution in [0.1, 0.15) is 12.7 Å². The van der Waals surface area contributed by atoms with Gasteiger partial charge in [0.1, 0.15) is 17.3 Å². The Morgan fingerprint density at radius 1 is 1.17 bits per heavy atom. The summed E-state index contributed by atoms with van der Waals surface area (Å²) in [6.45, 7) is 3.42. The van der Waals surface area contributed by atoms with Crippen LogP contribution in [-0.4, -0.2) is 28.0 Å². The lowest BCUT2D eigenvalue weighted by molar-refractivity contribution is -0.115. The van der Waals surface area contributed by atoms with Crippen molar-refractivity contribution >= 4 is 35.1 Å². The van der Waals surface area contributed by atoms with Crippen LogP contribution >= 0.6 is 11.8 Å². The van der Waals surface area contributed by atoms with E-state index in [9.17, 15) is 14.0 Å². The van der Waals surface area contributed by atoms with Crippen molar-refractivity contribution in [1.82, 2.24) is 5.16 Å². The molecule has 1 aromatic heterocycles. The molecule has 2 amide bonds. The zero-order valence-corrected chi connectivity index (χ0v) is 17.2. The van der Waals surface area contributed by atoms with Gasteiger partial charge in [0, 0.05) is 12.1 Å². The third-order valence-corrected chi connectivity index (χ3v) is 5.04. The number of benzene rings is 2. The second-order valence-electron chi connectivity index (χ2n) is 6.37. The average molecular weight is 429 g/mol. The van der Waals surface area contributed by atoms with Crippen molar-refractivity contribution < 1.29 is 23.2 Å². The fourth-order valence-electron chi connectivity index (χ4n) is 2.43. The Labute approximate surface area is 177 Å². The van der Waals surface area contributed by atoms with Gasteiger partial charge in [-0.15, -0.1) is 11.8 Å². The number of hydrogen-bond acceptors (Lipinski definition) is 6. The molecular weight excluding hydrogens is 409 g/mol. The van der Waals surface area contributed by atoms with E-state index in [0.717, 1.165) is 0 Å². The molecule has 156 valence electrons. The fraction of sp³-hybridized carbons (Fsp3) is 0.190. The van der Waals surface area contributed by atoms with Crippen LogP contribution in [0.25, 0.3) is 0 Å². The van der Waals surface area contributed by atoms with Crippen LogP contribution in [0, 0.1) is 12.7 Å². The normalized spacial score (nSPS) is 11.6. The van der Waals surface area contributed by atoms with Crippen LogP contribution in [0.2, 0.25) is 0 Å². The van der Waals surface area contributed by atoms with Crippen molar-refractivity contribution in [2.24, 2.45) is 0 Å². The minimum absolute atomic E-state index is 0.0563. The highest BCUT2D eigenvalue weighted by molar-refractivity contribution is 8.01. The molecule has 0 fully saturated rings. The first-order valence-corrected chi connectivity index (χ1v) is 10.1. The largest absolute Gasteiger partial charge is 0.455 e. The number of aromatic nitrogens is 1. The summed E-state index contributed by atoms with van der Waals surface area (Å²) in [5.41, 5.74) is 0.447. The van der Waals surface area contributed by atoms with Crippen molar-refractivity contribution in [3.8, 4) is 11.5 Å². The molecule has 1 atom stereocenters. The molecule has 0 spiro atoms. The molecule has 0 aliphatic heterocycles. The van der Waals surface area contributed by atoms with Gasteiger partial charge in [-0.05, 0) is 38.1 Å². The van der Waals surface area contributed by atoms with Crippen molar-refractivity contribution in [2.75, 3.05) is 16.4 Å². The molecule has 0 saturated carbocycles. The summed E-state index contributed by atoms with van der Waals surface area (Å²) in [7, 11) is 0. The number of nitrogens with zero attached hydrogens (tertiary/aromatic N) is 1. The van der Waals surface area contributed by atoms with Crippen LogP contribution in [0.4, 0.5) is 15.9 Å². The van der Waals surface area contributed by atoms with E-state index in [2.05, 4.69) is 15.8 Å². The molecule has 0 saturated heterocycles. The summed E-state index contributed by atoms with van der Waals surface area (Å²) in [4.78, 5) is 24.5. The molecule has 0 aliphatic rings. The van der Waals surface area contributed by atoms with Crippen molar-refractivity contribution in [3.63, 3.8) is 0 Å². The molecule has 3 aromatic rings. The lowest BCUT2D eigenvalue weighted by Gasteiger charge is -2.13. The van der Waals surface area contributed by atoms with Gasteiger partial charge in [-0.2, -0.15) is 0 Å². The van der Waals surface area contributed by atoms with Gasteiger partial charge in [-0.25, -0.2) is 4.39 Å². The van der Waals surface area contributed by atoms with E-state index in [1.807, 2.05) is 0 Å². The molecule has 0 bridgehead atoms. The summed E-state index contributed by atoms with van der Waals surface area (Å²) in [5.74, 6) is 0.678. The number of anilines is 2. The molecule has 0 radical (unpaired) electrons. The predicted molar refractivity (Wildman–Crippen MR) is 113 cm³/mol. The number of carbonyl (C=O) groups excluding carboxylic acids is 2. The van der Waals surface area contributed by atoms with Crippen LogP contribution in [-0.2, 0) is 9.59 Å². The SMILES string of the molecule is Cc1cc(NC(=O)C(C)SCC(=O)Nc2ccccc2Oc2cccc(F)c2)no1. The Hall–Kier alpha value is -3.33. The quantitative estimate of drug-likeness (QED) is 0.543. The maximum Gasteiger partial charge on any atom is 0.238 e. The number of aryl methyl sites for hydroxylation is 1. The number of nitrogens with one attached hydrogen (secondary N) is 2. The van der Waals surface area contributed by atoms with Crippen LogP contribution < -0.4 is 15.4 Å². The number of para-hydroxylation sites is 2. The first kappa shape index (κ1) is 21.4. The van der Waals surface area contributed by atoms with Crippen LogP contribution in [0.15, 0.2) is 59.1 Å². The zero-order valence-electron chi connectivity index (χ0n) is 16.3. The van der Waals surface area contributed by atoms with Gasteiger partial charge in [0.05, 0.1) is 16.7 Å². The summed E-state index contributed by atoms with van der Waals surface area (Å²) in [6, 6.07) is 14.2. The Kier molecular flexibility index (Phi) is 7.08. The Morgan fingerprint density at radius 2 is 1.97 bits per heavy atom. The number of hydrogen-bond donors (Lipinski definition) is 2. The maximum absolute atomic E-state index is 13.4. The van der Waals surface area contributed by atoms with Crippen molar-refractivity contribution in [2.45, 2.75) is 19.1 Å². The second-order valence-corrected chi connectivity index (χ2v) is 7.70. The summed E-state index contributed by atoms with van der Waals surface area (Å²) < 4.78 is 23.9. The molecule has 1 heterocycles. The van der Waals surface area contributed by atoms with E-state index < -0.39 is 11.1 Å². The van der Waals surface area contributed by atoms with Gasteiger partial charge in [-0.1, -0.05) is 23.4 Å². The lowest BCUT2D eigenvalue weighted by Crippen LogP contribution is -2.25. The van der Waals surface area contributed by atoms with Gasteiger partial charge >= 0.3 is 0 Å². The highest BCUT2D eigenvalue weighted by atomic mass is 32.2. The Balaban J connectivity index is 1.54. The standard InChI is InChI=1S/C21H20FN3O4S/c1-13-10-19(25-29-13)24-21(27)14(2)30-12-20(26)23-17-8-3-4-9-18(17)28-16-7-5-6-15(22)11-16/h3-11,14H,12H2,1-2H3,(H,23,26)(H,24,25,27). The van der Waals surface area contributed by atoms with E-state index in [0.29, 0.717) is 28.8 Å². The highest BCUT2D eigenvalue weighted by Gasteiger charge is 2.17. The third-order valence-electron chi connectivity index (χ3n) is 3.90. The highest BCUT2D eigenvalue weighted by Crippen LogP contribution is 2.29. The number of amides is 2. The molecule has 7 nitrogen and oxygen atoms in total. The summed E-state index contributed by atoms with van der Waals surface area (Å²) >= 11 is 1.18. The van der Waals surface area contributed by atoms with Gasteiger partial charge in [0.25, 0.3) is 0 Å². The van der Waals surface area contributed by atoms with Crippen molar-refractivity contribution in [3.05, 3.63) is 66.2 Å². The molecule has 2 aromatic carbocycles. The second kappa shape index (κ2) is 9.93. The minimum atomic E-state index is -0.480. The van der Waals surface area contributed by atoms with E-state index in [1.54, 1.807) is 50.2 Å². The smallest absolute Gasteiger partial charge is 0.238 e. The van der Waals surface area contributed by atoms with E-state index >= 15 is 0 Å².